The molecular weight excluding hydrogens is 356 g/mol. The Labute approximate surface area is 134 Å². The second-order valence-corrected chi connectivity index (χ2v) is 5.41. The molecule has 0 radical (unpaired) electrons. The van der Waals surface area contributed by atoms with Crippen molar-refractivity contribution >= 4 is 33.5 Å². The molecule has 6 nitrogen and oxygen atoms in total. The van der Waals surface area contributed by atoms with Gasteiger partial charge in [-0.3, -0.25) is 0 Å². The average Bonchev–Trinajstić information content (AvgIpc) is 3.00. The molecule has 106 valence electrons. The third-order valence-electron chi connectivity index (χ3n) is 2.67. The lowest BCUT2D eigenvalue weighted by atomic mass is 10.2. The van der Waals surface area contributed by atoms with Gasteiger partial charge in [-0.15, -0.1) is 0 Å². The number of rotatable bonds is 4. The van der Waals surface area contributed by atoms with E-state index in [1.54, 1.807) is 18.5 Å². The van der Waals surface area contributed by atoms with Gasteiger partial charge in [-0.1, -0.05) is 28.1 Å². The van der Waals surface area contributed by atoms with Crippen LogP contribution in [0.4, 0.5) is 5.95 Å². The fraction of sp³-hybridized carbons (Fsp3) is 0.0769. The fourth-order valence-electron chi connectivity index (χ4n) is 1.69. The molecule has 2 heterocycles. The number of hydrogen-bond acceptors (Lipinski definition) is 5. The molecule has 0 aliphatic carbocycles. The van der Waals surface area contributed by atoms with Crippen LogP contribution >= 0.6 is 27.5 Å². The van der Waals surface area contributed by atoms with Crippen LogP contribution in [0.25, 0.3) is 5.95 Å². The largest absolute Gasteiger partial charge is 0.350 e. The van der Waals surface area contributed by atoms with Crippen molar-refractivity contribution in [1.29, 1.82) is 0 Å². The molecular formula is C13H10BrClN6. The second kappa shape index (κ2) is 6.19. The predicted octanol–water partition coefficient (Wildman–Crippen LogP) is 3.09. The van der Waals surface area contributed by atoms with Crippen LogP contribution in [-0.2, 0) is 6.54 Å². The monoisotopic (exact) mass is 364 g/mol. The van der Waals surface area contributed by atoms with Crippen molar-refractivity contribution in [2.75, 3.05) is 5.32 Å². The third kappa shape index (κ3) is 3.56. The maximum atomic E-state index is 5.92. The Balaban J connectivity index is 1.78. The Bertz CT molecular complexity index is 729. The van der Waals surface area contributed by atoms with Gasteiger partial charge in [-0.05, 0) is 35.4 Å². The lowest BCUT2D eigenvalue weighted by molar-refractivity contribution is 0.794. The third-order valence-corrected chi connectivity index (χ3v) is 3.37. The van der Waals surface area contributed by atoms with Gasteiger partial charge in [0.05, 0.1) is 0 Å². The molecule has 0 atom stereocenters. The van der Waals surface area contributed by atoms with E-state index in [0.717, 1.165) is 10.0 Å². The van der Waals surface area contributed by atoms with Gasteiger partial charge < -0.3 is 5.32 Å². The van der Waals surface area contributed by atoms with E-state index in [-0.39, 0.29) is 5.28 Å². The first-order valence-electron chi connectivity index (χ1n) is 6.10. The first-order valence-corrected chi connectivity index (χ1v) is 7.28. The zero-order valence-corrected chi connectivity index (χ0v) is 13.1. The number of benzene rings is 1. The maximum Gasteiger partial charge on any atom is 0.256 e. The van der Waals surface area contributed by atoms with Crippen molar-refractivity contribution in [3.05, 3.63) is 58.0 Å². The fourth-order valence-corrected chi connectivity index (χ4v) is 2.11. The van der Waals surface area contributed by atoms with Gasteiger partial charge in [-0.2, -0.15) is 20.1 Å². The summed E-state index contributed by atoms with van der Waals surface area (Å²) >= 11 is 9.32. The van der Waals surface area contributed by atoms with E-state index in [4.69, 9.17) is 11.6 Å². The average molecular weight is 366 g/mol. The molecule has 0 aliphatic heterocycles. The molecule has 1 aromatic carbocycles. The Hall–Kier alpha value is -1.99. The van der Waals surface area contributed by atoms with Crippen LogP contribution in [0.15, 0.2) is 47.2 Å². The highest BCUT2D eigenvalue weighted by atomic mass is 79.9. The van der Waals surface area contributed by atoms with Crippen molar-refractivity contribution < 1.29 is 0 Å². The molecule has 21 heavy (non-hydrogen) atoms. The zero-order valence-electron chi connectivity index (χ0n) is 10.7. The summed E-state index contributed by atoms with van der Waals surface area (Å²) in [6, 6.07) is 9.76. The van der Waals surface area contributed by atoms with Crippen molar-refractivity contribution in [3.8, 4) is 5.95 Å². The molecule has 8 heteroatoms. The van der Waals surface area contributed by atoms with Gasteiger partial charge in [0.1, 0.15) is 0 Å². The Morgan fingerprint density at radius 1 is 1.14 bits per heavy atom. The highest BCUT2D eigenvalue weighted by Gasteiger charge is 2.07. The summed E-state index contributed by atoms with van der Waals surface area (Å²) in [4.78, 5) is 12.4. The standard InChI is InChI=1S/C13H10BrClN6/c14-10-4-2-9(3-5-10)8-16-12-18-11(15)19-13(20-12)21-7-1-6-17-21/h1-7H,8H2,(H,16,18,19,20). The minimum Gasteiger partial charge on any atom is -0.350 e. The van der Waals surface area contributed by atoms with Crippen molar-refractivity contribution in [3.63, 3.8) is 0 Å². The quantitative estimate of drug-likeness (QED) is 0.769. The molecule has 0 saturated carbocycles. The summed E-state index contributed by atoms with van der Waals surface area (Å²) < 4.78 is 2.56. The van der Waals surface area contributed by atoms with Crippen molar-refractivity contribution in [1.82, 2.24) is 24.7 Å². The molecule has 2 aromatic heterocycles. The summed E-state index contributed by atoms with van der Waals surface area (Å²) in [5, 5.41) is 7.31. The molecule has 3 aromatic rings. The van der Waals surface area contributed by atoms with E-state index in [1.165, 1.54) is 4.68 Å². The predicted molar refractivity (Wildman–Crippen MR) is 83.4 cm³/mol. The van der Waals surface area contributed by atoms with Crippen LogP contribution in [-0.4, -0.2) is 24.7 Å². The van der Waals surface area contributed by atoms with Crippen LogP contribution in [0.1, 0.15) is 5.56 Å². The smallest absolute Gasteiger partial charge is 0.256 e. The Morgan fingerprint density at radius 3 is 2.67 bits per heavy atom. The zero-order chi connectivity index (χ0) is 14.7. The van der Waals surface area contributed by atoms with Crippen LogP contribution in [0.2, 0.25) is 5.28 Å². The van der Waals surface area contributed by atoms with Crippen LogP contribution in [0.3, 0.4) is 0 Å². The topological polar surface area (TPSA) is 68.5 Å². The molecule has 0 bridgehead atoms. The lowest BCUT2D eigenvalue weighted by Crippen LogP contribution is -2.09. The highest BCUT2D eigenvalue weighted by Crippen LogP contribution is 2.13. The minimum atomic E-state index is 0.119. The first-order chi connectivity index (χ1) is 10.2. The van der Waals surface area contributed by atoms with Crippen LogP contribution in [0, 0.1) is 0 Å². The van der Waals surface area contributed by atoms with E-state index in [0.29, 0.717) is 18.4 Å². The molecule has 0 fully saturated rings. The Kier molecular flexibility index (Phi) is 4.12. The lowest BCUT2D eigenvalue weighted by Gasteiger charge is -2.07. The van der Waals surface area contributed by atoms with Crippen LogP contribution < -0.4 is 5.32 Å². The van der Waals surface area contributed by atoms with Gasteiger partial charge in [0.15, 0.2) is 0 Å². The van der Waals surface area contributed by atoms with E-state index in [2.05, 4.69) is 41.3 Å². The van der Waals surface area contributed by atoms with E-state index in [1.807, 2.05) is 24.3 Å². The molecule has 3 rings (SSSR count). The van der Waals surface area contributed by atoms with Crippen molar-refractivity contribution in [2.24, 2.45) is 0 Å². The summed E-state index contributed by atoms with van der Waals surface area (Å²) in [6.45, 7) is 0.589. The number of nitrogens with zero attached hydrogens (tertiary/aromatic N) is 5. The van der Waals surface area contributed by atoms with Gasteiger partial charge in [-0.25, -0.2) is 4.68 Å². The number of nitrogens with one attached hydrogen (secondary N) is 1. The molecule has 0 spiro atoms. The normalized spacial score (nSPS) is 10.6. The minimum absolute atomic E-state index is 0.119. The summed E-state index contributed by atoms with van der Waals surface area (Å²) in [6.07, 6.45) is 3.39. The molecule has 0 unspecified atom stereocenters. The summed E-state index contributed by atoms with van der Waals surface area (Å²) in [5.41, 5.74) is 1.11. The summed E-state index contributed by atoms with van der Waals surface area (Å²) in [7, 11) is 0. The number of anilines is 1. The second-order valence-electron chi connectivity index (χ2n) is 4.16. The van der Waals surface area contributed by atoms with Gasteiger partial charge >= 0.3 is 0 Å². The van der Waals surface area contributed by atoms with E-state index in [9.17, 15) is 0 Å². The van der Waals surface area contributed by atoms with Gasteiger partial charge in [0, 0.05) is 23.4 Å². The number of aromatic nitrogens is 5. The molecule has 0 aliphatic rings. The van der Waals surface area contributed by atoms with Crippen molar-refractivity contribution in [2.45, 2.75) is 6.54 Å². The molecule has 0 amide bonds. The SMILES string of the molecule is Clc1nc(NCc2ccc(Br)cc2)nc(-n2cccn2)n1. The molecule has 0 saturated heterocycles. The maximum absolute atomic E-state index is 5.92. The van der Waals surface area contributed by atoms with Gasteiger partial charge in [0.2, 0.25) is 11.2 Å². The Morgan fingerprint density at radius 2 is 1.95 bits per heavy atom. The number of halogens is 2. The van der Waals surface area contributed by atoms with Crippen LogP contribution in [0.5, 0.6) is 0 Å². The summed E-state index contributed by atoms with van der Waals surface area (Å²) in [5.74, 6) is 0.779. The highest BCUT2D eigenvalue weighted by molar-refractivity contribution is 9.10. The number of hydrogen-bond donors (Lipinski definition) is 1. The van der Waals surface area contributed by atoms with E-state index >= 15 is 0 Å². The van der Waals surface area contributed by atoms with E-state index < -0.39 is 0 Å². The first kappa shape index (κ1) is 14.0. The van der Waals surface area contributed by atoms with Gasteiger partial charge in [0.25, 0.3) is 5.95 Å². The molecule has 1 N–H and O–H groups in total.